The third-order valence-electron chi connectivity index (χ3n) is 7.69. The van der Waals surface area contributed by atoms with E-state index in [9.17, 15) is 14.4 Å². The number of nitrogens with zero attached hydrogens (tertiary/aromatic N) is 8. The Kier molecular flexibility index (Phi) is 5.93. The van der Waals surface area contributed by atoms with Crippen LogP contribution in [0.1, 0.15) is 45.4 Å². The number of hydrogen-bond donors (Lipinski definition) is 0. The van der Waals surface area contributed by atoms with Crippen molar-refractivity contribution in [1.82, 2.24) is 35.0 Å². The van der Waals surface area contributed by atoms with Crippen molar-refractivity contribution >= 4 is 17.7 Å². The number of rotatable bonds is 3. The third-order valence-corrected chi connectivity index (χ3v) is 9.07. The molecule has 2 saturated heterocycles. The Bertz CT molecular complexity index is 1360. The van der Waals surface area contributed by atoms with Crippen molar-refractivity contribution in [3.05, 3.63) is 64.4 Å². The molecule has 2 fully saturated rings. The molecule has 0 radical (unpaired) electrons. The molecule has 6 rings (SSSR count). The van der Waals surface area contributed by atoms with Crippen LogP contribution in [0.2, 0.25) is 0 Å². The van der Waals surface area contributed by atoms with E-state index in [-0.39, 0.29) is 22.6 Å². The molecule has 9 nitrogen and oxygen atoms in total. The van der Waals surface area contributed by atoms with E-state index in [1.165, 1.54) is 17.1 Å². The Hall–Kier alpha value is -3.36. The van der Waals surface area contributed by atoms with Crippen molar-refractivity contribution in [2.45, 2.75) is 37.0 Å². The van der Waals surface area contributed by atoms with Crippen LogP contribution >= 0.6 is 11.8 Å². The van der Waals surface area contributed by atoms with Gasteiger partial charge in [0.25, 0.3) is 0 Å². The molecule has 11 heteroatoms. The Balaban J connectivity index is 1.12. The van der Waals surface area contributed by atoms with Gasteiger partial charge in [0.05, 0.1) is 11.5 Å². The standard InChI is InChI=1S/C25H25FN8OS/c1-15-18(4-5-22(26)20(15)9-27)23-12-32-6-7-33(11-17(32)13-36-23)25(35)19-3-2-16-8-24(28-10-21(16)19)34-14-29-30-31-34/h4-5,8,10,14,17,19,23H,2-3,6-7,11-13H2,1H3/t17-,19?,23-/m0/s1. The number of fused-ring (bicyclic) bond motifs is 2. The van der Waals surface area contributed by atoms with Crippen LogP contribution < -0.4 is 0 Å². The van der Waals surface area contributed by atoms with Gasteiger partial charge in [0.1, 0.15) is 18.2 Å². The first-order chi connectivity index (χ1) is 17.5. The normalized spacial score (nSPS) is 23.7. The largest absolute Gasteiger partial charge is 0.339 e. The maximum Gasteiger partial charge on any atom is 0.230 e. The number of carbonyl (C=O) groups is 1. The lowest BCUT2D eigenvalue weighted by Gasteiger charge is -2.46. The number of aromatic nitrogens is 5. The smallest absolute Gasteiger partial charge is 0.230 e. The van der Waals surface area contributed by atoms with Crippen LogP contribution in [0.15, 0.2) is 30.7 Å². The second-order valence-electron chi connectivity index (χ2n) is 9.59. The SMILES string of the molecule is Cc1c([C@@H]2CN3CCN(C(=O)C4CCc5cc(-n6cnnn6)ncc54)C[C@H]3CS2)ccc(F)c1C#N. The highest BCUT2D eigenvalue weighted by Crippen LogP contribution is 2.40. The van der Waals surface area contributed by atoms with Crippen LogP contribution in [0.3, 0.4) is 0 Å². The molecule has 2 aromatic heterocycles. The van der Waals surface area contributed by atoms with E-state index >= 15 is 0 Å². The van der Waals surface area contributed by atoms with Crippen LogP contribution in [-0.2, 0) is 11.2 Å². The van der Waals surface area contributed by atoms with Gasteiger partial charge in [-0.25, -0.2) is 9.37 Å². The lowest BCUT2D eigenvalue weighted by atomic mass is 9.98. The summed E-state index contributed by atoms with van der Waals surface area (Å²) in [7, 11) is 0. The molecule has 3 aromatic rings. The van der Waals surface area contributed by atoms with Crippen LogP contribution in [0, 0.1) is 24.1 Å². The molecule has 36 heavy (non-hydrogen) atoms. The zero-order valence-electron chi connectivity index (χ0n) is 19.8. The summed E-state index contributed by atoms with van der Waals surface area (Å²) in [6.45, 7) is 4.90. The van der Waals surface area contributed by atoms with Crippen molar-refractivity contribution in [1.29, 1.82) is 5.26 Å². The van der Waals surface area contributed by atoms with E-state index in [0.29, 0.717) is 24.9 Å². The molecule has 1 unspecified atom stereocenters. The molecular weight excluding hydrogens is 479 g/mol. The molecule has 2 aliphatic heterocycles. The molecule has 3 aliphatic rings. The summed E-state index contributed by atoms with van der Waals surface area (Å²) in [6.07, 6.45) is 4.95. The highest BCUT2D eigenvalue weighted by Gasteiger charge is 2.39. The van der Waals surface area contributed by atoms with E-state index < -0.39 is 5.82 Å². The molecule has 0 N–H and O–H groups in total. The van der Waals surface area contributed by atoms with Crippen molar-refractivity contribution in [3.63, 3.8) is 0 Å². The van der Waals surface area contributed by atoms with E-state index in [0.717, 1.165) is 53.9 Å². The number of pyridine rings is 1. The molecule has 0 saturated carbocycles. The molecule has 1 aliphatic carbocycles. The first kappa shape index (κ1) is 23.1. The highest BCUT2D eigenvalue weighted by molar-refractivity contribution is 7.99. The van der Waals surface area contributed by atoms with Crippen LogP contribution in [0.25, 0.3) is 5.82 Å². The van der Waals surface area contributed by atoms with Crippen molar-refractivity contribution in [2.24, 2.45) is 0 Å². The van der Waals surface area contributed by atoms with Gasteiger partial charge >= 0.3 is 0 Å². The summed E-state index contributed by atoms with van der Waals surface area (Å²) in [5.74, 6) is 1.13. The predicted molar refractivity (Wildman–Crippen MR) is 131 cm³/mol. The monoisotopic (exact) mass is 504 g/mol. The number of aryl methyl sites for hydroxylation is 1. The van der Waals surface area contributed by atoms with Crippen molar-refractivity contribution in [3.8, 4) is 11.9 Å². The summed E-state index contributed by atoms with van der Waals surface area (Å²) >= 11 is 1.84. The number of hydrogen-bond acceptors (Lipinski definition) is 8. The van der Waals surface area contributed by atoms with E-state index in [4.69, 9.17) is 0 Å². The molecule has 3 atom stereocenters. The van der Waals surface area contributed by atoms with Gasteiger partial charge in [-0.1, -0.05) is 6.07 Å². The van der Waals surface area contributed by atoms with Gasteiger partial charge in [-0.05, 0) is 64.6 Å². The maximum absolute atomic E-state index is 14.0. The summed E-state index contributed by atoms with van der Waals surface area (Å²) in [6, 6.07) is 7.50. The molecule has 4 heterocycles. The minimum atomic E-state index is -0.458. The lowest BCUT2D eigenvalue weighted by Crippen LogP contribution is -2.58. The molecule has 184 valence electrons. The van der Waals surface area contributed by atoms with Gasteiger partial charge in [-0.2, -0.15) is 21.7 Å². The maximum atomic E-state index is 14.0. The van der Waals surface area contributed by atoms with Gasteiger partial charge in [0.15, 0.2) is 5.82 Å². The average molecular weight is 505 g/mol. The molecule has 0 bridgehead atoms. The topological polar surface area (TPSA) is 104 Å². The fourth-order valence-corrected chi connectivity index (χ4v) is 7.20. The lowest BCUT2D eigenvalue weighted by molar-refractivity contribution is -0.135. The molecule has 1 amide bonds. The zero-order chi connectivity index (χ0) is 24.8. The molecule has 1 aromatic carbocycles. The van der Waals surface area contributed by atoms with Crippen LogP contribution in [-0.4, -0.2) is 78.9 Å². The van der Waals surface area contributed by atoms with Gasteiger partial charge in [-0.3, -0.25) is 9.69 Å². The Morgan fingerprint density at radius 1 is 1.25 bits per heavy atom. The highest BCUT2D eigenvalue weighted by atomic mass is 32.2. The van der Waals surface area contributed by atoms with E-state index in [1.54, 1.807) is 6.20 Å². The minimum absolute atomic E-state index is 0.141. The second-order valence-corrected chi connectivity index (χ2v) is 10.8. The fraction of sp³-hybridized carbons (Fsp3) is 0.440. The quantitative estimate of drug-likeness (QED) is 0.536. The summed E-state index contributed by atoms with van der Waals surface area (Å²) in [5, 5.41) is 20.8. The van der Waals surface area contributed by atoms with E-state index in [1.807, 2.05) is 41.8 Å². The van der Waals surface area contributed by atoms with Gasteiger partial charge in [0.2, 0.25) is 5.91 Å². The van der Waals surface area contributed by atoms with Crippen LogP contribution in [0.5, 0.6) is 0 Å². The Morgan fingerprint density at radius 2 is 2.14 bits per heavy atom. The fourth-order valence-electron chi connectivity index (χ4n) is 5.70. The Morgan fingerprint density at radius 3 is 2.94 bits per heavy atom. The van der Waals surface area contributed by atoms with Gasteiger partial charge < -0.3 is 4.90 Å². The summed E-state index contributed by atoms with van der Waals surface area (Å²) in [4.78, 5) is 22.5. The number of piperazine rings is 1. The number of nitriles is 1. The third kappa shape index (κ3) is 3.94. The number of tetrazole rings is 1. The van der Waals surface area contributed by atoms with E-state index in [2.05, 4.69) is 25.4 Å². The number of amides is 1. The first-order valence-electron chi connectivity index (χ1n) is 12.1. The van der Waals surface area contributed by atoms with Gasteiger partial charge in [0, 0.05) is 49.4 Å². The number of halogens is 1. The second kappa shape index (κ2) is 9.26. The van der Waals surface area contributed by atoms with Crippen molar-refractivity contribution < 1.29 is 9.18 Å². The van der Waals surface area contributed by atoms with Crippen LogP contribution in [0.4, 0.5) is 4.39 Å². The number of thioether (sulfide) groups is 1. The Labute approximate surface area is 212 Å². The average Bonchev–Trinajstić information content (AvgIpc) is 3.58. The summed E-state index contributed by atoms with van der Waals surface area (Å²) in [5.41, 5.74) is 4.06. The molecule has 0 spiro atoms. The predicted octanol–water partition coefficient (Wildman–Crippen LogP) is 2.41. The first-order valence-corrected chi connectivity index (χ1v) is 13.1. The summed E-state index contributed by atoms with van der Waals surface area (Å²) < 4.78 is 15.5. The zero-order valence-corrected chi connectivity index (χ0v) is 20.7. The van der Waals surface area contributed by atoms with Gasteiger partial charge in [-0.15, -0.1) is 5.10 Å². The molecular formula is C25H25FN8OS. The number of benzene rings is 1. The number of carbonyl (C=O) groups excluding carboxylic acids is 1. The minimum Gasteiger partial charge on any atom is -0.339 e. The van der Waals surface area contributed by atoms with Crippen molar-refractivity contribution in [2.75, 3.05) is 31.9 Å².